The Balaban J connectivity index is 4.78. The van der Waals surface area contributed by atoms with Crippen LogP contribution in [0.2, 0.25) is 0 Å². The van der Waals surface area contributed by atoms with Crippen LogP contribution in [0.15, 0.2) is 0 Å². The van der Waals surface area contributed by atoms with Gasteiger partial charge >= 0.3 is 11.9 Å². The van der Waals surface area contributed by atoms with Crippen molar-refractivity contribution in [3.8, 4) is 0 Å². The summed E-state index contributed by atoms with van der Waals surface area (Å²) < 4.78 is 9.88. The number of primary amides is 1. The summed E-state index contributed by atoms with van der Waals surface area (Å²) in [5.74, 6) is -2.10. The van der Waals surface area contributed by atoms with Gasteiger partial charge in [-0.3, -0.25) is 24.2 Å². The molecule has 10 heteroatoms. The number of amides is 1. The summed E-state index contributed by atoms with van der Waals surface area (Å²) in [6.07, 6.45) is 0. The predicted octanol–water partition coefficient (Wildman–Crippen LogP) is -2.00. The molecule has 1 amide bonds. The third-order valence-electron chi connectivity index (χ3n) is 2.90. The van der Waals surface area contributed by atoms with E-state index in [1.807, 2.05) is 0 Å². The maximum absolute atomic E-state index is 11.6. The van der Waals surface area contributed by atoms with Gasteiger partial charge in [-0.2, -0.15) is 0 Å². The lowest BCUT2D eigenvalue weighted by atomic mass is 10.2. The van der Waals surface area contributed by atoms with Crippen LogP contribution >= 0.6 is 0 Å². The number of ether oxygens (including phenoxy) is 2. The molecule has 0 saturated carbocycles. The lowest BCUT2D eigenvalue weighted by Crippen LogP contribution is -2.48. The Morgan fingerprint density at radius 3 is 2.35 bits per heavy atom. The van der Waals surface area contributed by atoms with Crippen molar-refractivity contribution in [3.05, 3.63) is 0 Å². The summed E-state index contributed by atoms with van der Waals surface area (Å²) in [4.78, 5) is 36.6. The molecule has 0 aliphatic rings. The van der Waals surface area contributed by atoms with Gasteiger partial charge in [0.1, 0.15) is 6.73 Å². The lowest BCUT2D eigenvalue weighted by Gasteiger charge is -2.31. The molecule has 0 aromatic heterocycles. The van der Waals surface area contributed by atoms with Crippen LogP contribution < -0.4 is 11.5 Å². The first-order valence-corrected chi connectivity index (χ1v) is 7.20. The summed E-state index contributed by atoms with van der Waals surface area (Å²) in [6, 6.07) is -0.313. The molecular weight excluding hydrogens is 308 g/mol. The molecule has 0 aliphatic carbocycles. The van der Waals surface area contributed by atoms with Crippen molar-refractivity contribution < 1.29 is 29.0 Å². The van der Waals surface area contributed by atoms with Crippen molar-refractivity contribution in [1.29, 1.82) is 0 Å². The van der Waals surface area contributed by atoms with E-state index >= 15 is 0 Å². The molecule has 0 heterocycles. The molecule has 0 bridgehead atoms. The minimum Gasteiger partial charge on any atom is -0.480 e. The number of aliphatic carboxylic acids is 1. The van der Waals surface area contributed by atoms with E-state index in [1.54, 1.807) is 13.8 Å². The van der Waals surface area contributed by atoms with E-state index in [0.29, 0.717) is 0 Å². The molecule has 10 nitrogen and oxygen atoms in total. The SMILES string of the molecule is CCOC(=O)CN(CC(N)=O)C[C@H](C)N(COCN)CC(=O)O. The molecule has 5 N–H and O–H groups in total. The van der Waals surface area contributed by atoms with Crippen LogP contribution in [0.5, 0.6) is 0 Å². The Hall–Kier alpha value is -1.75. The number of nitrogens with zero attached hydrogens (tertiary/aromatic N) is 2. The van der Waals surface area contributed by atoms with Crippen molar-refractivity contribution in [1.82, 2.24) is 9.80 Å². The molecule has 0 aliphatic heterocycles. The van der Waals surface area contributed by atoms with E-state index in [1.165, 1.54) is 9.80 Å². The van der Waals surface area contributed by atoms with Crippen LogP contribution in [-0.4, -0.2) is 85.0 Å². The summed E-state index contributed by atoms with van der Waals surface area (Å²) in [6.45, 7) is 3.37. The molecule has 0 unspecified atom stereocenters. The quantitative estimate of drug-likeness (QED) is 0.257. The third kappa shape index (κ3) is 10.6. The highest BCUT2D eigenvalue weighted by Crippen LogP contribution is 2.03. The summed E-state index contributed by atoms with van der Waals surface area (Å²) in [5, 5.41) is 8.94. The van der Waals surface area contributed by atoms with Crippen LogP contribution in [0, 0.1) is 0 Å². The second-order valence-electron chi connectivity index (χ2n) is 4.93. The van der Waals surface area contributed by atoms with Gasteiger partial charge in [0.15, 0.2) is 0 Å². The Morgan fingerprint density at radius 2 is 1.87 bits per heavy atom. The van der Waals surface area contributed by atoms with Gasteiger partial charge in [0.25, 0.3) is 0 Å². The largest absolute Gasteiger partial charge is 0.480 e. The highest BCUT2D eigenvalue weighted by molar-refractivity contribution is 5.77. The zero-order valence-electron chi connectivity index (χ0n) is 13.6. The van der Waals surface area contributed by atoms with E-state index in [9.17, 15) is 14.4 Å². The molecule has 0 aromatic rings. The first-order chi connectivity index (χ1) is 10.8. The van der Waals surface area contributed by atoms with Gasteiger partial charge in [0, 0.05) is 12.6 Å². The Bertz CT molecular complexity index is 393. The fraction of sp³-hybridized carbons (Fsp3) is 0.769. The highest BCUT2D eigenvalue weighted by Gasteiger charge is 2.22. The maximum Gasteiger partial charge on any atom is 0.320 e. The second kappa shape index (κ2) is 11.8. The van der Waals surface area contributed by atoms with E-state index in [4.69, 9.17) is 26.0 Å². The Morgan fingerprint density at radius 1 is 1.22 bits per heavy atom. The molecule has 23 heavy (non-hydrogen) atoms. The van der Waals surface area contributed by atoms with E-state index < -0.39 is 17.8 Å². The van der Waals surface area contributed by atoms with Crippen LogP contribution in [0.25, 0.3) is 0 Å². The van der Waals surface area contributed by atoms with Gasteiger partial charge in [-0.25, -0.2) is 0 Å². The van der Waals surface area contributed by atoms with E-state index in [2.05, 4.69) is 0 Å². The minimum absolute atomic E-state index is 0.0216. The second-order valence-corrected chi connectivity index (χ2v) is 4.93. The van der Waals surface area contributed by atoms with Crippen LogP contribution in [0.4, 0.5) is 0 Å². The van der Waals surface area contributed by atoms with Gasteiger partial charge in [0.05, 0.1) is 33.0 Å². The van der Waals surface area contributed by atoms with Gasteiger partial charge < -0.3 is 26.0 Å². The predicted molar refractivity (Wildman–Crippen MR) is 81.1 cm³/mol. The Labute approximate surface area is 135 Å². The number of hydrogen-bond acceptors (Lipinski definition) is 8. The number of hydrogen-bond donors (Lipinski definition) is 3. The zero-order valence-corrected chi connectivity index (χ0v) is 13.6. The molecule has 0 spiro atoms. The van der Waals surface area contributed by atoms with Crippen LogP contribution in [-0.2, 0) is 23.9 Å². The third-order valence-corrected chi connectivity index (χ3v) is 2.90. The average Bonchev–Trinajstić information content (AvgIpc) is 2.42. The standard InChI is InChI=1S/C13H26N4O6/c1-3-23-13(21)7-16(5-11(15)18)4-10(2)17(6-12(19)20)9-22-8-14/h10H,3-9,14H2,1-2H3,(H2,15,18)(H,19,20)/t10-/m0/s1. The number of nitrogens with two attached hydrogens (primary N) is 2. The van der Waals surface area contributed by atoms with E-state index in [-0.39, 0.29) is 52.3 Å². The summed E-state index contributed by atoms with van der Waals surface area (Å²) in [7, 11) is 0. The van der Waals surface area contributed by atoms with Crippen molar-refractivity contribution in [2.75, 3.05) is 46.2 Å². The molecule has 0 saturated heterocycles. The number of carbonyl (C=O) groups is 3. The van der Waals surface area contributed by atoms with E-state index in [0.717, 1.165) is 0 Å². The molecule has 1 atom stereocenters. The topological polar surface area (TPSA) is 148 Å². The zero-order chi connectivity index (χ0) is 17.8. The molecule has 134 valence electrons. The monoisotopic (exact) mass is 334 g/mol. The molecule has 0 radical (unpaired) electrons. The number of carbonyl (C=O) groups excluding carboxylic acids is 2. The summed E-state index contributed by atoms with van der Waals surface area (Å²) in [5.41, 5.74) is 10.4. The van der Waals surface area contributed by atoms with Crippen molar-refractivity contribution >= 4 is 17.8 Å². The number of esters is 1. The number of carboxylic acids is 1. The van der Waals surface area contributed by atoms with Gasteiger partial charge in [-0.05, 0) is 13.8 Å². The molecule has 0 fully saturated rings. The molecular formula is C13H26N4O6. The first-order valence-electron chi connectivity index (χ1n) is 7.20. The van der Waals surface area contributed by atoms with Gasteiger partial charge in [-0.1, -0.05) is 0 Å². The fourth-order valence-electron chi connectivity index (χ4n) is 1.96. The number of carboxylic acid groups (broad SMARTS) is 1. The van der Waals surface area contributed by atoms with Crippen molar-refractivity contribution in [2.45, 2.75) is 19.9 Å². The lowest BCUT2D eigenvalue weighted by molar-refractivity contribution is -0.146. The summed E-state index contributed by atoms with van der Waals surface area (Å²) >= 11 is 0. The van der Waals surface area contributed by atoms with Crippen molar-refractivity contribution in [2.24, 2.45) is 11.5 Å². The first kappa shape index (κ1) is 21.2. The average molecular weight is 334 g/mol. The van der Waals surface area contributed by atoms with Crippen LogP contribution in [0.1, 0.15) is 13.8 Å². The Kier molecular flexibility index (Phi) is 10.9. The number of rotatable bonds is 13. The fourth-order valence-corrected chi connectivity index (χ4v) is 1.96. The normalized spacial score (nSPS) is 12.4. The van der Waals surface area contributed by atoms with Crippen LogP contribution in [0.3, 0.4) is 0 Å². The molecule has 0 rings (SSSR count). The van der Waals surface area contributed by atoms with Gasteiger partial charge in [-0.15, -0.1) is 0 Å². The minimum atomic E-state index is -1.02. The smallest absolute Gasteiger partial charge is 0.320 e. The highest BCUT2D eigenvalue weighted by atomic mass is 16.5. The molecule has 0 aromatic carbocycles. The van der Waals surface area contributed by atoms with Gasteiger partial charge in [0.2, 0.25) is 5.91 Å². The van der Waals surface area contributed by atoms with Crippen molar-refractivity contribution in [3.63, 3.8) is 0 Å². The maximum atomic E-state index is 11.6.